The van der Waals surface area contributed by atoms with E-state index in [0.29, 0.717) is 11.4 Å². The maximum Gasteiger partial charge on any atom is 0.335 e. The quantitative estimate of drug-likeness (QED) is 0.468. The van der Waals surface area contributed by atoms with Gasteiger partial charge in [0.1, 0.15) is 11.0 Å². The normalized spacial score (nSPS) is 17.7. The van der Waals surface area contributed by atoms with E-state index in [0.717, 1.165) is 23.1 Å². The summed E-state index contributed by atoms with van der Waals surface area (Å²) in [7, 11) is 1.59. The summed E-state index contributed by atoms with van der Waals surface area (Å²) >= 11 is 1.10. The molecular weight excluding hydrogens is 420 g/mol. The van der Waals surface area contributed by atoms with Crippen molar-refractivity contribution in [3.63, 3.8) is 0 Å². The summed E-state index contributed by atoms with van der Waals surface area (Å²) in [4.78, 5) is 35.5. The fraction of sp³-hybridized carbons (Fsp3) is 0.190. The third-order valence-corrected chi connectivity index (χ3v) is 5.43. The molecule has 31 heavy (non-hydrogen) atoms. The minimum Gasteiger partial charge on any atom is -0.497 e. The first-order valence-corrected chi connectivity index (χ1v) is 10.1. The van der Waals surface area contributed by atoms with E-state index in [-0.39, 0.29) is 29.0 Å². The third kappa shape index (κ3) is 5.92. The zero-order valence-corrected chi connectivity index (χ0v) is 17.6. The number of hydrogen-bond acceptors (Lipinski definition) is 7. The Morgan fingerprint density at radius 1 is 1.13 bits per heavy atom. The van der Waals surface area contributed by atoms with Gasteiger partial charge in [0.05, 0.1) is 18.4 Å². The van der Waals surface area contributed by atoms with Gasteiger partial charge >= 0.3 is 5.97 Å². The van der Waals surface area contributed by atoms with Crippen molar-refractivity contribution in [2.45, 2.75) is 18.6 Å². The molecule has 10 heteroatoms. The lowest BCUT2D eigenvalue weighted by Crippen LogP contribution is -2.41. The summed E-state index contributed by atoms with van der Waals surface area (Å²) in [5.74, 6) is -1.05. The molecule has 0 aromatic heterocycles. The highest BCUT2D eigenvalue weighted by atomic mass is 32.2. The number of ether oxygens (including phenoxy) is 1. The second-order valence-corrected chi connectivity index (χ2v) is 7.74. The number of anilines is 1. The second-order valence-electron chi connectivity index (χ2n) is 6.55. The summed E-state index contributed by atoms with van der Waals surface area (Å²) < 4.78 is 5.13. The summed E-state index contributed by atoms with van der Waals surface area (Å²) in [6.45, 7) is 1.78. The van der Waals surface area contributed by atoms with Crippen molar-refractivity contribution in [1.29, 1.82) is 0 Å². The molecule has 2 aromatic carbocycles. The number of carbonyl (C=O) groups is 3. The highest BCUT2D eigenvalue weighted by molar-refractivity contribution is 8.15. The van der Waals surface area contributed by atoms with Gasteiger partial charge in [0, 0.05) is 12.1 Å². The van der Waals surface area contributed by atoms with Gasteiger partial charge in [0.2, 0.25) is 11.8 Å². The number of carbonyl (C=O) groups excluding carboxylic acids is 2. The lowest BCUT2D eigenvalue weighted by Gasteiger charge is -2.21. The van der Waals surface area contributed by atoms with Gasteiger partial charge in [-0.15, -0.1) is 5.10 Å². The topological polar surface area (TPSA) is 129 Å². The highest BCUT2D eigenvalue weighted by Crippen LogP contribution is 2.23. The zero-order chi connectivity index (χ0) is 22.4. The van der Waals surface area contributed by atoms with E-state index in [9.17, 15) is 14.4 Å². The molecule has 1 fully saturated rings. The molecule has 3 N–H and O–H groups in total. The molecule has 9 nitrogen and oxygen atoms in total. The predicted molar refractivity (Wildman–Crippen MR) is 119 cm³/mol. The molecule has 0 saturated carbocycles. The van der Waals surface area contributed by atoms with Crippen LogP contribution in [0.4, 0.5) is 5.69 Å². The number of carboxylic acid groups (broad SMARTS) is 1. The lowest BCUT2D eigenvalue weighted by molar-refractivity contribution is -0.123. The van der Waals surface area contributed by atoms with Crippen LogP contribution >= 0.6 is 11.8 Å². The van der Waals surface area contributed by atoms with Crippen LogP contribution in [0.15, 0.2) is 58.7 Å². The first-order valence-electron chi connectivity index (χ1n) is 9.23. The number of nitrogens with zero attached hydrogens (tertiary/aromatic N) is 2. The van der Waals surface area contributed by atoms with Crippen molar-refractivity contribution < 1.29 is 24.2 Å². The van der Waals surface area contributed by atoms with E-state index in [2.05, 4.69) is 20.8 Å². The van der Waals surface area contributed by atoms with Crippen molar-refractivity contribution >= 4 is 46.1 Å². The Morgan fingerprint density at radius 2 is 1.77 bits per heavy atom. The number of carboxylic acids is 1. The Morgan fingerprint density at radius 3 is 2.39 bits per heavy atom. The third-order valence-electron chi connectivity index (χ3n) is 4.36. The Labute approximate surface area is 182 Å². The van der Waals surface area contributed by atoms with Crippen LogP contribution in [0.2, 0.25) is 0 Å². The second kappa shape index (κ2) is 9.90. The highest BCUT2D eigenvalue weighted by Gasteiger charge is 2.30. The first kappa shape index (κ1) is 22.0. The molecule has 160 valence electrons. The average Bonchev–Trinajstić information content (AvgIpc) is 2.77. The number of hydrogen-bond donors (Lipinski definition) is 3. The van der Waals surface area contributed by atoms with Crippen LogP contribution in [-0.4, -0.2) is 46.1 Å². The number of amides is 2. The first-order chi connectivity index (χ1) is 14.9. The molecule has 0 spiro atoms. The molecule has 0 aliphatic carbocycles. The van der Waals surface area contributed by atoms with Crippen LogP contribution in [0, 0.1) is 0 Å². The fourth-order valence-electron chi connectivity index (χ4n) is 2.67. The molecule has 1 unspecified atom stereocenters. The van der Waals surface area contributed by atoms with Crippen molar-refractivity contribution in [2.75, 3.05) is 12.4 Å². The standard InChI is InChI=1S/C21H20N4O5S/c1-12(13-5-9-16(30-2)10-6-13)24-25-21-23-18(26)11-17(31-21)19(27)22-15-7-3-14(4-8-15)20(28)29/h3-10,17H,11H2,1-2H3,(H,22,27)(H,28,29)(H,23,25,26). The molecule has 2 amide bonds. The van der Waals surface area contributed by atoms with Gasteiger partial charge in [-0.1, -0.05) is 11.8 Å². The zero-order valence-electron chi connectivity index (χ0n) is 16.8. The van der Waals surface area contributed by atoms with Crippen molar-refractivity contribution in [3.05, 3.63) is 59.7 Å². The lowest BCUT2D eigenvalue weighted by atomic mass is 10.1. The van der Waals surface area contributed by atoms with Gasteiger partial charge < -0.3 is 20.5 Å². The average molecular weight is 440 g/mol. The van der Waals surface area contributed by atoms with E-state index >= 15 is 0 Å². The molecule has 0 radical (unpaired) electrons. The van der Waals surface area contributed by atoms with Gasteiger partial charge in [-0.3, -0.25) is 9.59 Å². The summed E-state index contributed by atoms with van der Waals surface area (Å²) in [5, 5.41) is 22.0. The summed E-state index contributed by atoms with van der Waals surface area (Å²) in [5.41, 5.74) is 2.03. The smallest absolute Gasteiger partial charge is 0.335 e. The van der Waals surface area contributed by atoms with Crippen molar-refractivity contribution in [1.82, 2.24) is 5.32 Å². The molecule has 2 aromatic rings. The SMILES string of the molecule is COc1ccc(C(C)=NN=C2NC(=O)CC(C(=O)Nc3ccc(C(=O)O)cc3)S2)cc1. The van der Waals surface area contributed by atoms with Gasteiger partial charge in [-0.05, 0) is 61.0 Å². The minimum absolute atomic E-state index is 0.0100. The van der Waals surface area contributed by atoms with E-state index in [1.54, 1.807) is 14.0 Å². The summed E-state index contributed by atoms with van der Waals surface area (Å²) in [6, 6.07) is 13.1. The number of rotatable bonds is 6. The van der Waals surface area contributed by atoms with Gasteiger partial charge in [0.25, 0.3) is 0 Å². The number of methoxy groups -OCH3 is 1. The van der Waals surface area contributed by atoms with Crippen LogP contribution in [0.1, 0.15) is 29.3 Å². The number of amidine groups is 1. The Bertz CT molecular complexity index is 1050. The molecular formula is C21H20N4O5S. The fourth-order valence-corrected chi connectivity index (χ4v) is 3.60. The van der Waals surface area contributed by atoms with E-state index in [4.69, 9.17) is 9.84 Å². The number of benzene rings is 2. The van der Waals surface area contributed by atoms with Gasteiger partial charge in [-0.2, -0.15) is 5.10 Å². The maximum absolute atomic E-state index is 12.6. The number of aromatic carboxylic acids is 1. The van der Waals surface area contributed by atoms with Crippen LogP contribution in [-0.2, 0) is 9.59 Å². The van der Waals surface area contributed by atoms with Gasteiger partial charge in [-0.25, -0.2) is 4.79 Å². The van der Waals surface area contributed by atoms with E-state index in [1.807, 2.05) is 24.3 Å². The monoisotopic (exact) mass is 440 g/mol. The maximum atomic E-state index is 12.6. The molecule has 1 heterocycles. The van der Waals surface area contributed by atoms with Crippen LogP contribution in [0.5, 0.6) is 5.75 Å². The van der Waals surface area contributed by atoms with Crippen LogP contribution in [0.25, 0.3) is 0 Å². The molecule has 1 aliphatic rings. The largest absolute Gasteiger partial charge is 0.497 e. The summed E-state index contributed by atoms with van der Waals surface area (Å²) in [6.07, 6.45) is -0.0100. The Kier molecular flexibility index (Phi) is 7.03. The van der Waals surface area contributed by atoms with Crippen LogP contribution in [0.3, 0.4) is 0 Å². The minimum atomic E-state index is -1.05. The van der Waals surface area contributed by atoms with E-state index < -0.39 is 11.2 Å². The number of thioether (sulfide) groups is 1. The molecule has 3 rings (SSSR count). The van der Waals surface area contributed by atoms with E-state index in [1.165, 1.54) is 24.3 Å². The Balaban J connectivity index is 1.67. The van der Waals surface area contributed by atoms with Crippen molar-refractivity contribution in [3.8, 4) is 5.75 Å². The molecule has 1 aliphatic heterocycles. The Hall–Kier alpha value is -3.66. The molecule has 1 atom stereocenters. The van der Waals surface area contributed by atoms with Crippen LogP contribution < -0.4 is 15.4 Å². The molecule has 0 bridgehead atoms. The molecule has 1 saturated heterocycles. The van der Waals surface area contributed by atoms with Crippen molar-refractivity contribution in [2.24, 2.45) is 10.2 Å². The predicted octanol–water partition coefficient (Wildman–Crippen LogP) is 2.73. The van der Waals surface area contributed by atoms with Gasteiger partial charge in [0.15, 0.2) is 5.17 Å². The number of nitrogens with one attached hydrogen (secondary N) is 2.